The van der Waals surface area contributed by atoms with Gasteiger partial charge in [-0.05, 0) is 35.7 Å². The third-order valence-corrected chi connectivity index (χ3v) is 5.89. The van der Waals surface area contributed by atoms with Crippen molar-refractivity contribution in [3.8, 4) is 0 Å². The Labute approximate surface area is 156 Å². The Kier molecular flexibility index (Phi) is 5.61. The molecule has 0 saturated carbocycles. The minimum Gasteiger partial charge on any atom is -0.481 e. The van der Waals surface area contributed by atoms with E-state index in [-0.39, 0.29) is 24.2 Å². The lowest BCUT2D eigenvalue weighted by Crippen LogP contribution is -2.33. The molecule has 2 aromatic carbocycles. The van der Waals surface area contributed by atoms with Crippen LogP contribution in [0.3, 0.4) is 0 Å². The van der Waals surface area contributed by atoms with E-state index >= 15 is 0 Å². The number of nitrogens with zero attached hydrogens (tertiary/aromatic N) is 1. The molecule has 1 heterocycles. The van der Waals surface area contributed by atoms with Gasteiger partial charge in [0.05, 0.1) is 5.92 Å². The van der Waals surface area contributed by atoms with Gasteiger partial charge in [-0.1, -0.05) is 37.3 Å². The van der Waals surface area contributed by atoms with Gasteiger partial charge in [-0.25, -0.2) is 4.39 Å². The fourth-order valence-corrected chi connectivity index (χ4v) is 4.28. The van der Waals surface area contributed by atoms with Crippen molar-refractivity contribution in [3.63, 3.8) is 0 Å². The summed E-state index contributed by atoms with van der Waals surface area (Å²) < 4.78 is 13.2. The number of aliphatic carboxylic acids is 1. The molecule has 1 aliphatic heterocycles. The Morgan fingerprint density at radius 3 is 2.35 bits per heavy atom. The molecule has 2 aromatic rings. The second kappa shape index (κ2) is 7.91. The van der Waals surface area contributed by atoms with Crippen LogP contribution in [0.25, 0.3) is 0 Å². The first kappa shape index (κ1) is 18.5. The Balaban J connectivity index is 1.85. The number of carboxylic acids is 1. The zero-order chi connectivity index (χ0) is 18.7. The monoisotopic (exact) mass is 373 g/mol. The largest absolute Gasteiger partial charge is 0.481 e. The van der Waals surface area contributed by atoms with E-state index in [0.717, 1.165) is 10.5 Å². The van der Waals surface area contributed by atoms with Gasteiger partial charge in [-0.2, -0.15) is 0 Å². The van der Waals surface area contributed by atoms with Gasteiger partial charge in [0.25, 0.3) is 0 Å². The molecule has 0 bridgehead atoms. The molecule has 0 radical (unpaired) electrons. The number of carbonyl (C=O) groups excluding carboxylic acids is 1. The molecule has 1 saturated heterocycles. The normalized spacial score (nSPS) is 20.8. The van der Waals surface area contributed by atoms with Crippen molar-refractivity contribution >= 4 is 23.6 Å². The summed E-state index contributed by atoms with van der Waals surface area (Å²) in [7, 11) is 0. The van der Waals surface area contributed by atoms with Gasteiger partial charge < -0.3 is 10.0 Å². The molecule has 3 atom stereocenters. The summed E-state index contributed by atoms with van der Waals surface area (Å²) in [4.78, 5) is 27.0. The first-order chi connectivity index (χ1) is 12.5. The summed E-state index contributed by atoms with van der Waals surface area (Å²) in [6.07, 6.45) is 0. The molecular weight excluding hydrogens is 353 g/mol. The topological polar surface area (TPSA) is 57.6 Å². The van der Waals surface area contributed by atoms with Crippen LogP contribution in [0, 0.1) is 17.7 Å². The van der Waals surface area contributed by atoms with E-state index in [2.05, 4.69) is 0 Å². The second-order valence-electron chi connectivity index (χ2n) is 6.53. The summed E-state index contributed by atoms with van der Waals surface area (Å²) in [5.74, 6) is -1.92. The Bertz CT molecular complexity index is 781. The molecule has 136 valence electrons. The van der Waals surface area contributed by atoms with Crippen molar-refractivity contribution in [2.24, 2.45) is 11.8 Å². The standard InChI is InChI=1S/C20H20FNO3S/c1-13-11-22(12-17(13)20(24)25)19(23)18(14-5-3-2-4-6-14)26-16-9-7-15(21)8-10-16/h2-10,13,17-18H,11-12H2,1H3,(H,24,25)/t13-,17-,18?/m1/s1. The number of likely N-dealkylation sites (tertiary alicyclic amines) is 1. The van der Waals surface area contributed by atoms with Crippen LogP contribution in [0.5, 0.6) is 0 Å². The van der Waals surface area contributed by atoms with Gasteiger partial charge in [0, 0.05) is 18.0 Å². The molecule has 3 rings (SSSR count). The molecule has 0 aromatic heterocycles. The molecular formula is C20H20FNO3S. The molecule has 1 N–H and O–H groups in total. The summed E-state index contributed by atoms with van der Waals surface area (Å²) >= 11 is 1.35. The number of hydrogen-bond acceptors (Lipinski definition) is 3. The molecule has 4 nitrogen and oxygen atoms in total. The average Bonchev–Trinajstić information content (AvgIpc) is 3.03. The number of halogens is 1. The zero-order valence-electron chi connectivity index (χ0n) is 14.3. The van der Waals surface area contributed by atoms with Gasteiger partial charge in [0.15, 0.2) is 0 Å². The van der Waals surface area contributed by atoms with Crippen molar-refractivity contribution < 1.29 is 19.1 Å². The van der Waals surface area contributed by atoms with Crippen LogP contribution < -0.4 is 0 Å². The molecule has 0 aliphatic carbocycles. The Hall–Kier alpha value is -2.34. The lowest BCUT2D eigenvalue weighted by atomic mass is 9.99. The third-order valence-electron chi connectivity index (χ3n) is 4.64. The number of hydrogen-bond donors (Lipinski definition) is 1. The first-order valence-corrected chi connectivity index (χ1v) is 9.32. The minimum absolute atomic E-state index is 0.0799. The highest BCUT2D eigenvalue weighted by Crippen LogP contribution is 2.38. The van der Waals surface area contributed by atoms with E-state index in [1.54, 1.807) is 17.0 Å². The smallest absolute Gasteiger partial charge is 0.308 e. The lowest BCUT2D eigenvalue weighted by Gasteiger charge is -2.23. The van der Waals surface area contributed by atoms with Crippen LogP contribution in [0.4, 0.5) is 4.39 Å². The predicted octanol–water partition coefficient (Wildman–Crippen LogP) is 3.84. The summed E-state index contributed by atoms with van der Waals surface area (Å²) in [6.45, 7) is 2.52. The maximum absolute atomic E-state index is 13.2. The Morgan fingerprint density at radius 1 is 1.12 bits per heavy atom. The molecule has 1 unspecified atom stereocenters. The van der Waals surface area contributed by atoms with Crippen molar-refractivity contribution in [2.75, 3.05) is 13.1 Å². The van der Waals surface area contributed by atoms with E-state index < -0.39 is 17.1 Å². The first-order valence-electron chi connectivity index (χ1n) is 8.44. The highest BCUT2D eigenvalue weighted by Gasteiger charge is 2.39. The average molecular weight is 373 g/mol. The number of thioether (sulfide) groups is 1. The number of rotatable bonds is 5. The van der Waals surface area contributed by atoms with Crippen molar-refractivity contribution in [2.45, 2.75) is 17.1 Å². The lowest BCUT2D eigenvalue weighted by molar-refractivity contribution is -0.142. The van der Waals surface area contributed by atoms with E-state index in [4.69, 9.17) is 0 Å². The fraction of sp³-hybridized carbons (Fsp3) is 0.300. The van der Waals surface area contributed by atoms with Crippen molar-refractivity contribution in [1.29, 1.82) is 0 Å². The molecule has 1 aliphatic rings. The van der Waals surface area contributed by atoms with Crippen LogP contribution in [0.2, 0.25) is 0 Å². The quantitative estimate of drug-likeness (QED) is 0.809. The summed E-state index contributed by atoms with van der Waals surface area (Å²) in [5, 5.41) is 8.82. The third kappa shape index (κ3) is 4.07. The van der Waals surface area contributed by atoms with E-state index in [1.807, 2.05) is 37.3 Å². The van der Waals surface area contributed by atoms with E-state index in [0.29, 0.717) is 6.54 Å². The number of benzene rings is 2. The second-order valence-corrected chi connectivity index (χ2v) is 7.71. The van der Waals surface area contributed by atoms with Crippen LogP contribution in [0.1, 0.15) is 17.7 Å². The maximum atomic E-state index is 13.2. The molecule has 26 heavy (non-hydrogen) atoms. The van der Waals surface area contributed by atoms with Gasteiger partial charge in [0.2, 0.25) is 5.91 Å². The summed E-state index contributed by atoms with van der Waals surface area (Å²) in [6, 6.07) is 15.4. The van der Waals surface area contributed by atoms with Crippen LogP contribution in [-0.4, -0.2) is 35.0 Å². The van der Waals surface area contributed by atoms with Crippen molar-refractivity contribution in [3.05, 3.63) is 66.0 Å². The van der Waals surface area contributed by atoms with Crippen LogP contribution in [0.15, 0.2) is 59.5 Å². The maximum Gasteiger partial charge on any atom is 0.308 e. The summed E-state index contributed by atoms with van der Waals surface area (Å²) in [5.41, 5.74) is 0.846. The highest BCUT2D eigenvalue weighted by atomic mass is 32.2. The van der Waals surface area contributed by atoms with Gasteiger partial charge in [0.1, 0.15) is 11.1 Å². The Morgan fingerprint density at radius 2 is 1.77 bits per heavy atom. The molecule has 1 fully saturated rings. The van der Waals surface area contributed by atoms with Crippen LogP contribution >= 0.6 is 11.8 Å². The van der Waals surface area contributed by atoms with E-state index in [9.17, 15) is 19.1 Å². The fourth-order valence-electron chi connectivity index (χ4n) is 3.17. The SMILES string of the molecule is C[C@@H]1CN(C(=O)C(Sc2ccc(F)cc2)c2ccccc2)C[C@H]1C(=O)O. The van der Waals surface area contributed by atoms with E-state index in [1.165, 1.54) is 23.9 Å². The number of carboxylic acid groups (broad SMARTS) is 1. The number of amides is 1. The van der Waals surface area contributed by atoms with Gasteiger partial charge >= 0.3 is 5.97 Å². The minimum atomic E-state index is -0.866. The zero-order valence-corrected chi connectivity index (χ0v) is 15.2. The van der Waals surface area contributed by atoms with Crippen molar-refractivity contribution in [1.82, 2.24) is 4.90 Å². The highest BCUT2D eigenvalue weighted by molar-refractivity contribution is 8.00. The molecule has 1 amide bonds. The van der Waals surface area contributed by atoms with Gasteiger partial charge in [-0.3, -0.25) is 9.59 Å². The van der Waals surface area contributed by atoms with Gasteiger partial charge in [-0.15, -0.1) is 11.8 Å². The predicted molar refractivity (Wildman–Crippen MR) is 98.3 cm³/mol. The molecule has 6 heteroatoms. The van der Waals surface area contributed by atoms with Crippen LogP contribution in [-0.2, 0) is 9.59 Å². The number of carbonyl (C=O) groups is 2. The molecule has 0 spiro atoms.